The first kappa shape index (κ1) is 28.7. The Morgan fingerprint density at radius 3 is 2.29 bits per heavy atom. The average molecular weight is 557 g/mol. The number of nitrogens with zero attached hydrogens (tertiary/aromatic N) is 4. The summed E-state index contributed by atoms with van der Waals surface area (Å²) in [5.74, 6) is -3.24. The van der Waals surface area contributed by atoms with Crippen molar-refractivity contribution in [1.82, 2.24) is 15.0 Å². The fourth-order valence-corrected chi connectivity index (χ4v) is 6.22. The number of aromatic nitrogens is 3. The number of carboxylic acid groups (broad SMARTS) is 1. The first-order valence-corrected chi connectivity index (χ1v) is 13.4. The van der Waals surface area contributed by atoms with Crippen LogP contribution in [0.5, 0.6) is 0 Å². The number of Topliss-reactive ketones (excluding diaryl/α,β-unsaturated/α-hetero) is 1. The van der Waals surface area contributed by atoms with Crippen LogP contribution in [0.4, 0.5) is 0 Å². The normalized spacial score (nSPS) is 25.2. The molecule has 3 aliphatic rings. The van der Waals surface area contributed by atoms with Crippen molar-refractivity contribution in [3.05, 3.63) is 90.1 Å². The predicted molar refractivity (Wildman–Crippen MR) is 158 cm³/mol. The number of carboxylic acids is 1. The van der Waals surface area contributed by atoms with E-state index in [9.17, 15) is 19.5 Å². The fraction of sp³-hybridized carbons (Fsp3) is 0.281. The summed E-state index contributed by atoms with van der Waals surface area (Å²) in [4.78, 5) is 52.7. The zero-order valence-electron chi connectivity index (χ0n) is 23.7. The van der Waals surface area contributed by atoms with Gasteiger partial charge < -0.3 is 25.4 Å². The van der Waals surface area contributed by atoms with Gasteiger partial charge in [0.15, 0.2) is 5.78 Å². The van der Waals surface area contributed by atoms with Gasteiger partial charge in [-0.1, -0.05) is 73.9 Å². The van der Waals surface area contributed by atoms with Gasteiger partial charge in [-0.05, 0) is 37.7 Å². The molecule has 2 aliphatic heterocycles. The molecule has 0 amide bonds. The molecule has 5 heterocycles. The van der Waals surface area contributed by atoms with Gasteiger partial charge in [0.1, 0.15) is 12.2 Å². The molecule has 204 valence electrons. The Morgan fingerprint density at radius 1 is 0.976 bits per heavy atom. The number of aliphatic carboxylic acids is 1. The molecule has 1 N–H and O–H groups in total. The van der Waals surface area contributed by atoms with Gasteiger partial charge in [0.05, 0.1) is 0 Å². The van der Waals surface area contributed by atoms with E-state index in [0.29, 0.717) is 67.9 Å². The van der Waals surface area contributed by atoms with Crippen LogP contribution in [0.2, 0.25) is 0 Å². The first-order valence-electron chi connectivity index (χ1n) is 13.4. The second-order valence-electron chi connectivity index (χ2n) is 10.7. The fourth-order valence-electron chi connectivity index (χ4n) is 6.22. The SMILES string of the molecule is C=Cc1c2[n-]c(c1C)/C=C1\[N-]/C(=C3\c4[n-]c(c(C)c4C(=O)[C@@H]3C(=O)O)/C=c3\[n-]/c(c(C=O)c3CC)=C\2)[C@@H](C)[C@@H]1C.[Mg+2]. The summed E-state index contributed by atoms with van der Waals surface area (Å²) < 4.78 is 0. The molecule has 0 aromatic carbocycles. The largest absolute Gasteiger partial charge is 2.00 e. The van der Waals surface area contributed by atoms with Crippen molar-refractivity contribution in [2.24, 2.45) is 17.8 Å². The molecule has 0 unspecified atom stereocenters. The van der Waals surface area contributed by atoms with Crippen molar-refractivity contribution in [3.63, 3.8) is 0 Å². The molecule has 3 atom stereocenters. The first-order chi connectivity index (χ1) is 19.1. The second-order valence-corrected chi connectivity index (χ2v) is 10.7. The standard InChI is InChI=1S/C32H30N4O4.Mg/c1-7-17-15(5)21-9-20-13(3)14(4)29(35-20)27-28(32(39)40)31(38)26-16(6)22(36-30(26)27)10-24-18(8-2)19(12-37)25(34-24)11-23(17)33-21;/h7,9-14,28H,1,8H2,2-6H3,(H3,35,36,37,38,39,40);/q-2;+2/p-2/b20-9-,25-11-;/t13-,14-,28+;/m0./s1. The number of carbonyl (C=O) groups is 3. The van der Waals surface area contributed by atoms with Crippen LogP contribution in [0, 0.1) is 31.6 Å². The van der Waals surface area contributed by atoms with E-state index < -0.39 is 17.7 Å². The third kappa shape index (κ3) is 4.05. The van der Waals surface area contributed by atoms with Gasteiger partial charge >= 0.3 is 29.0 Å². The quantitative estimate of drug-likeness (QED) is 0.297. The third-order valence-corrected chi connectivity index (χ3v) is 8.66. The number of allylic oxidation sites excluding steroid dienone is 2. The van der Waals surface area contributed by atoms with Gasteiger partial charge in [-0.3, -0.25) is 14.4 Å². The number of fused-ring (bicyclic) bond motifs is 7. The van der Waals surface area contributed by atoms with E-state index in [0.717, 1.165) is 28.7 Å². The maximum absolute atomic E-state index is 13.6. The Balaban J connectivity index is 0.00000337. The van der Waals surface area contributed by atoms with Crippen LogP contribution in [0.3, 0.4) is 0 Å². The van der Waals surface area contributed by atoms with Crippen molar-refractivity contribution in [2.45, 2.75) is 41.0 Å². The molecule has 0 saturated carbocycles. The number of ketones is 1. The van der Waals surface area contributed by atoms with E-state index in [4.69, 9.17) is 20.3 Å². The molecule has 1 fully saturated rings. The number of hydrogen-bond donors (Lipinski definition) is 1. The minimum Gasteiger partial charge on any atom is -0.664 e. The van der Waals surface area contributed by atoms with E-state index in [1.165, 1.54) is 0 Å². The van der Waals surface area contributed by atoms with Crippen molar-refractivity contribution >= 4 is 71.0 Å². The van der Waals surface area contributed by atoms with Gasteiger partial charge in [-0.25, -0.2) is 0 Å². The molecular weight excluding hydrogens is 529 g/mol. The van der Waals surface area contributed by atoms with Gasteiger partial charge in [0.2, 0.25) is 0 Å². The van der Waals surface area contributed by atoms with Crippen LogP contribution in [-0.4, -0.2) is 46.2 Å². The Hall–Kier alpha value is -3.82. The van der Waals surface area contributed by atoms with Crippen LogP contribution >= 0.6 is 0 Å². The molecule has 1 aliphatic carbocycles. The van der Waals surface area contributed by atoms with Gasteiger partial charge in [-0.2, -0.15) is 11.4 Å². The van der Waals surface area contributed by atoms with Gasteiger partial charge in [0, 0.05) is 11.1 Å². The van der Waals surface area contributed by atoms with Crippen LogP contribution in [0.1, 0.15) is 86.5 Å². The summed E-state index contributed by atoms with van der Waals surface area (Å²) in [6.45, 7) is 13.7. The zero-order chi connectivity index (χ0) is 28.6. The van der Waals surface area contributed by atoms with Gasteiger partial charge in [0.25, 0.3) is 0 Å². The Morgan fingerprint density at radius 2 is 1.66 bits per heavy atom. The summed E-state index contributed by atoms with van der Waals surface area (Å²) in [6.07, 6.45) is 8.62. The summed E-state index contributed by atoms with van der Waals surface area (Å²) in [5.41, 5.74) is 7.85. The number of rotatable bonds is 4. The van der Waals surface area contributed by atoms with Crippen LogP contribution in [-0.2, 0) is 11.2 Å². The van der Waals surface area contributed by atoms with E-state index in [1.807, 2.05) is 39.8 Å². The number of carbonyl (C=O) groups excluding carboxylic acids is 2. The molecule has 8 bridgehead atoms. The van der Waals surface area contributed by atoms with E-state index in [2.05, 4.69) is 6.58 Å². The smallest absolute Gasteiger partial charge is 0.664 e. The monoisotopic (exact) mass is 556 g/mol. The maximum atomic E-state index is 13.6. The van der Waals surface area contributed by atoms with Crippen molar-refractivity contribution in [1.29, 1.82) is 0 Å². The minimum atomic E-state index is -1.36. The summed E-state index contributed by atoms with van der Waals surface area (Å²) in [6, 6.07) is 0. The van der Waals surface area contributed by atoms with Crippen molar-refractivity contribution in [2.75, 3.05) is 0 Å². The third-order valence-electron chi connectivity index (χ3n) is 8.66. The summed E-state index contributed by atoms with van der Waals surface area (Å²) >= 11 is 0. The Labute approximate surface area is 253 Å². The zero-order valence-corrected chi connectivity index (χ0v) is 25.1. The molecule has 3 aromatic heterocycles. The minimum absolute atomic E-state index is 0. The average Bonchev–Trinajstić information content (AvgIpc) is 3.65. The maximum Gasteiger partial charge on any atom is 2.00 e. The summed E-state index contributed by atoms with van der Waals surface area (Å²) in [5, 5.41) is 16.2. The molecule has 8 nitrogen and oxygen atoms in total. The van der Waals surface area contributed by atoms with Crippen molar-refractivity contribution < 1.29 is 19.5 Å². The molecule has 9 heteroatoms. The molecular formula is C32H28MgN4O4-2. The molecule has 1 saturated heterocycles. The molecule has 0 radical (unpaired) electrons. The van der Waals surface area contributed by atoms with Crippen LogP contribution < -0.4 is 25.7 Å². The molecule has 0 spiro atoms. The summed E-state index contributed by atoms with van der Waals surface area (Å²) in [7, 11) is 0. The number of hydrogen-bond acceptors (Lipinski definition) is 3. The molecule has 41 heavy (non-hydrogen) atoms. The Bertz CT molecular complexity index is 1860. The Kier molecular flexibility index (Phi) is 7.15. The van der Waals surface area contributed by atoms with Gasteiger partial charge in [-0.15, -0.1) is 33.5 Å². The number of aldehydes is 1. The molecule has 6 rings (SSSR count). The van der Waals surface area contributed by atoms with Crippen molar-refractivity contribution in [3.8, 4) is 0 Å². The predicted octanol–water partition coefficient (Wildman–Crippen LogP) is 3.09. The van der Waals surface area contributed by atoms with E-state index in [-0.39, 0.29) is 34.9 Å². The van der Waals surface area contributed by atoms with Crippen LogP contribution in [0.15, 0.2) is 18.0 Å². The topological polar surface area (TPSA) is 128 Å². The van der Waals surface area contributed by atoms with Crippen LogP contribution in [0.25, 0.3) is 35.2 Å². The van der Waals surface area contributed by atoms with E-state index >= 15 is 0 Å². The second kappa shape index (κ2) is 10.2. The molecule has 3 aromatic rings. The van der Waals surface area contributed by atoms with E-state index in [1.54, 1.807) is 19.1 Å².